The molecule has 0 aromatic carbocycles. The Bertz CT molecular complexity index is 626. The SMILES string of the molecule is NC(=O)COC(=O)[C@H]1CCCN1C(=O)CCCCC(=O)n1cccc1. The van der Waals surface area contributed by atoms with Gasteiger partial charge >= 0.3 is 5.97 Å². The quantitative estimate of drug-likeness (QED) is 0.549. The highest BCUT2D eigenvalue weighted by atomic mass is 16.5. The van der Waals surface area contributed by atoms with Crippen molar-refractivity contribution in [1.82, 2.24) is 9.47 Å². The topological polar surface area (TPSA) is 112 Å². The molecule has 1 fully saturated rings. The number of carbonyl (C=O) groups excluding carboxylic acids is 4. The summed E-state index contributed by atoms with van der Waals surface area (Å²) in [7, 11) is 0. The van der Waals surface area contributed by atoms with E-state index in [0.29, 0.717) is 38.6 Å². The van der Waals surface area contributed by atoms with Crippen LogP contribution in [0.1, 0.15) is 43.3 Å². The Kier molecular flexibility index (Phi) is 6.73. The first kappa shape index (κ1) is 18.7. The first-order valence-corrected chi connectivity index (χ1v) is 8.39. The van der Waals surface area contributed by atoms with E-state index in [1.807, 2.05) is 0 Å². The Labute approximate surface area is 145 Å². The minimum Gasteiger partial charge on any atom is -0.454 e. The van der Waals surface area contributed by atoms with Crippen LogP contribution in [0.3, 0.4) is 0 Å². The second-order valence-electron chi connectivity index (χ2n) is 6.01. The monoisotopic (exact) mass is 349 g/mol. The third kappa shape index (κ3) is 5.44. The van der Waals surface area contributed by atoms with E-state index in [0.717, 1.165) is 0 Å². The Morgan fingerprint density at radius 3 is 2.32 bits per heavy atom. The Morgan fingerprint density at radius 2 is 1.68 bits per heavy atom. The maximum atomic E-state index is 12.3. The highest BCUT2D eigenvalue weighted by Gasteiger charge is 2.34. The zero-order valence-electron chi connectivity index (χ0n) is 14.1. The summed E-state index contributed by atoms with van der Waals surface area (Å²) in [5.41, 5.74) is 4.95. The van der Waals surface area contributed by atoms with Gasteiger partial charge in [-0.2, -0.15) is 0 Å². The van der Waals surface area contributed by atoms with Crippen LogP contribution in [0.15, 0.2) is 24.5 Å². The molecule has 2 N–H and O–H groups in total. The summed E-state index contributed by atoms with van der Waals surface area (Å²) in [6.45, 7) is 0.0241. The van der Waals surface area contributed by atoms with E-state index in [1.54, 1.807) is 24.5 Å². The van der Waals surface area contributed by atoms with E-state index in [2.05, 4.69) is 0 Å². The van der Waals surface area contributed by atoms with Gasteiger partial charge < -0.3 is 15.4 Å². The summed E-state index contributed by atoms with van der Waals surface area (Å²) >= 11 is 0. The maximum Gasteiger partial charge on any atom is 0.329 e. The molecule has 0 unspecified atom stereocenters. The van der Waals surface area contributed by atoms with E-state index in [-0.39, 0.29) is 18.2 Å². The molecule has 1 aromatic rings. The number of nitrogens with two attached hydrogens (primary N) is 1. The van der Waals surface area contributed by atoms with Gasteiger partial charge in [-0.25, -0.2) is 4.79 Å². The number of amides is 2. The van der Waals surface area contributed by atoms with Crippen molar-refractivity contribution in [3.8, 4) is 0 Å². The molecule has 8 heteroatoms. The van der Waals surface area contributed by atoms with Crippen LogP contribution >= 0.6 is 0 Å². The van der Waals surface area contributed by atoms with Gasteiger partial charge in [0.2, 0.25) is 11.8 Å². The second-order valence-corrected chi connectivity index (χ2v) is 6.01. The molecule has 1 atom stereocenters. The third-order valence-corrected chi connectivity index (χ3v) is 4.13. The molecule has 2 rings (SSSR count). The van der Waals surface area contributed by atoms with E-state index in [4.69, 9.17) is 10.5 Å². The molecule has 1 saturated heterocycles. The predicted octanol–water partition coefficient (Wildman–Crippen LogP) is 0.708. The molecular formula is C17H23N3O5. The van der Waals surface area contributed by atoms with Crippen molar-refractivity contribution < 1.29 is 23.9 Å². The van der Waals surface area contributed by atoms with Gasteiger partial charge in [-0.05, 0) is 37.8 Å². The number of esters is 1. The highest BCUT2D eigenvalue weighted by Crippen LogP contribution is 2.20. The average molecular weight is 349 g/mol. The molecular weight excluding hydrogens is 326 g/mol. The van der Waals surface area contributed by atoms with E-state index in [9.17, 15) is 19.2 Å². The summed E-state index contributed by atoms with van der Waals surface area (Å²) in [6, 6.07) is 2.92. The number of unbranched alkanes of at least 4 members (excludes halogenated alkanes) is 1. The molecule has 0 saturated carbocycles. The predicted molar refractivity (Wildman–Crippen MR) is 88.4 cm³/mol. The molecule has 2 amide bonds. The van der Waals surface area contributed by atoms with Gasteiger partial charge in [0.25, 0.3) is 5.91 Å². The number of carbonyl (C=O) groups is 4. The van der Waals surface area contributed by atoms with Gasteiger partial charge in [-0.15, -0.1) is 0 Å². The molecule has 1 aliphatic heterocycles. The number of aromatic nitrogens is 1. The molecule has 0 spiro atoms. The lowest BCUT2D eigenvalue weighted by Gasteiger charge is -2.23. The van der Waals surface area contributed by atoms with Crippen LogP contribution in [0.2, 0.25) is 0 Å². The zero-order chi connectivity index (χ0) is 18.2. The number of ether oxygens (including phenoxy) is 1. The largest absolute Gasteiger partial charge is 0.454 e. The fourth-order valence-electron chi connectivity index (χ4n) is 2.87. The van der Waals surface area contributed by atoms with Crippen molar-refractivity contribution in [2.45, 2.75) is 44.6 Å². The minimum absolute atomic E-state index is 0.00784. The lowest BCUT2D eigenvalue weighted by molar-refractivity contribution is -0.155. The summed E-state index contributed by atoms with van der Waals surface area (Å²) < 4.78 is 6.33. The van der Waals surface area contributed by atoms with Gasteiger partial charge in [0, 0.05) is 31.8 Å². The van der Waals surface area contributed by atoms with E-state index in [1.165, 1.54) is 9.47 Å². The van der Waals surface area contributed by atoms with Crippen LogP contribution < -0.4 is 5.73 Å². The number of nitrogens with zero attached hydrogens (tertiary/aromatic N) is 2. The normalized spacial score (nSPS) is 16.6. The van der Waals surface area contributed by atoms with Gasteiger partial charge in [0.1, 0.15) is 6.04 Å². The van der Waals surface area contributed by atoms with Crippen LogP contribution in [0, 0.1) is 0 Å². The van der Waals surface area contributed by atoms with Crippen molar-refractivity contribution in [3.05, 3.63) is 24.5 Å². The van der Waals surface area contributed by atoms with Crippen LogP contribution in [-0.4, -0.2) is 52.4 Å². The number of rotatable bonds is 8. The van der Waals surface area contributed by atoms with Crippen LogP contribution in [0.4, 0.5) is 0 Å². The molecule has 0 aliphatic carbocycles. The van der Waals surface area contributed by atoms with E-state index >= 15 is 0 Å². The zero-order valence-corrected chi connectivity index (χ0v) is 14.1. The van der Waals surface area contributed by atoms with Crippen molar-refractivity contribution >= 4 is 23.7 Å². The summed E-state index contributed by atoms with van der Waals surface area (Å²) in [6.07, 6.45) is 6.45. The standard InChI is InChI=1S/C17H23N3O5/c18-14(21)12-25-17(24)13-6-5-11-20(13)16(23)8-2-1-7-15(22)19-9-3-4-10-19/h3-4,9-10,13H,1-2,5-8,11-12H2,(H2,18,21)/t13-/m1/s1. The molecule has 136 valence electrons. The second kappa shape index (κ2) is 9.00. The number of hydrogen-bond donors (Lipinski definition) is 1. The Hall–Kier alpha value is -2.64. The number of primary amides is 1. The smallest absolute Gasteiger partial charge is 0.329 e. The van der Waals surface area contributed by atoms with E-state index < -0.39 is 24.5 Å². The molecule has 0 bridgehead atoms. The van der Waals surface area contributed by atoms with Gasteiger partial charge in [0.05, 0.1) is 0 Å². The molecule has 1 aliphatic rings. The number of hydrogen-bond acceptors (Lipinski definition) is 5. The van der Waals surface area contributed by atoms with Crippen molar-refractivity contribution in [2.24, 2.45) is 5.73 Å². The highest BCUT2D eigenvalue weighted by molar-refractivity contribution is 5.86. The van der Waals surface area contributed by atoms with Gasteiger partial charge in [-0.1, -0.05) is 0 Å². The molecule has 0 radical (unpaired) electrons. The van der Waals surface area contributed by atoms with Crippen molar-refractivity contribution in [3.63, 3.8) is 0 Å². The van der Waals surface area contributed by atoms with Crippen LogP contribution in [0.25, 0.3) is 0 Å². The van der Waals surface area contributed by atoms with Gasteiger partial charge in [0.15, 0.2) is 6.61 Å². The number of likely N-dealkylation sites (tertiary alicyclic amines) is 1. The lowest BCUT2D eigenvalue weighted by atomic mass is 10.1. The van der Waals surface area contributed by atoms with Gasteiger partial charge in [-0.3, -0.25) is 19.0 Å². The minimum atomic E-state index is -0.725. The molecule has 1 aromatic heterocycles. The third-order valence-electron chi connectivity index (χ3n) is 4.13. The fraction of sp³-hybridized carbons (Fsp3) is 0.529. The van der Waals surface area contributed by atoms with Crippen molar-refractivity contribution in [1.29, 1.82) is 0 Å². The summed E-state index contributed by atoms with van der Waals surface area (Å²) in [4.78, 5) is 48.3. The summed E-state index contributed by atoms with van der Waals surface area (Å²) in [5, 5.41) is 0. The average Bonchev–Trinajstić information content (AvgIpc) is 3.27. The van der Waals surface area contributed by atoms with Crippen molar-refractivity contribution in [2.75, 3.05) is 13.2 Å². The Balaban J connectivity index is 1.72. The maximum absolute atomic E-state index is 12.3. The van der Waals surface area contributed by atoms with Crippen LogP contribution in [-0.2, 0) is 19.1 Å². The summed E-state index contributed by atoms with van der Waals surface area (Å²) in [5.74, 6) is -1.46. The lowest BCUT2D eigenvalue weighted by Crippen LogP contribution is -2.42. The fourth-order valence-corrected chi connectivity index (χ4v) is 2.87. The molecule has 25 heavy (non-hydrogen) atoms. The first-order chi connectivity index (χ1) is 12.0. The van der Waals surface area contributed by atoms with Crippen LogP contribution in [0.5, 0.6) is 0 Å². The molecule has 2 heterocycles. The molecule has 8 nitrogen and oxygen atoms in total. The Morgan fingerprint density at radius 1 is 1.04 bits per heavy atom. The first-order valence-electron chi connectivity index (χ1n) is 8.39.